The Labute approximate surface area is 179 Å². The minimum atomic E-state index is -0.460. The lowest BCUT2D eigenvalue weighted by Gasteiger charge is -2.36. The molecule has 0 N–H and O–H groups in total. The number of rotatable bonds is 6. The molecule has 2 aromatic carbocycles. The smallest absolute Gasteiger partial charge is 0.341 e. The topological polar surface area (TPSA) is 26.3 Å². The number of ether oxygens (including phenoxy) is 1. The monoisotopic (exact) mass is 408 g/mol. The molecule has 1 saturated carbocycles. The molecule has 0 bridgehead atoms. The average molecular weight is 409 g/mol. The van der Waals surface area contributed by atoms with E-state index in [9.17, 15) is 9.18 Å². The van der Waals surface area contributed by atoms with Crippen LogP contribution in [0.25, 0.3) is 0 Å². The fourth-order valence-electron chi connectivity index (χ4n) is 5.20. The minimum absolute atomic E-state index is 0.0977. The summed E-state index contributed by atoms with van der Waals surface area (Å²) in [5, 5.41) is 0. The summed E-state index contributed by atoms with van der Waals surface area (Å²) in [5.74, 6) is 0.329. The van der Waals surface area contributed by atoms with Crippen molar-refractivity contribution < 1.29 is 13.9 Å². The number of esters is 1. The van der Waals surface area contributed by atoms with E-state index in [0.717, 1.165) is 37.2 Å². The number of carbonyl (C=O) groups excluding carboxylic acids is 1. The van der Waals surface area contributed by atoms with Crippen LogP contribution in [0.3, 0.4) is 0 Å². The summed E-state index contributed by atoms with van der Waals surface area (Å²) in [6.45, 7) is 4.14. The third-order valence-electron chi connectivity index (χ3n) is 7.09. The van der Waals surface area contributed by atoms with Gasteiger partial charge in [0.15, 0.2) is 0 Å². The van der Waals surface area contributed by atoms with Crippen LogP contribution in [-0.4, -0.2) is 12.1 Å². The Morgan fingerprint density at radius 2 is 1.73 bits per heavy atom. The summed E-state index contributed by atoms with van der Waals surface area (Å²) < 4.78 is 20.5. The van der Waals surface area contributed by atoms with Gasteiger partial charge in [-0.25, -0.2) is 9.18 Å². The van der Waals surface area contributed by atoms with E-state index < -0.39 is 5.97 Å². The van der Waals surface area contributed by atoms with Gasteiger partial charge < -0.3 is 4.74 Å². The third-order valence-corrected chi connectivity index (χ3v) is 7.09. The number of fused-ring (bicyclic) bond motifs is 1. The van der Waals surface area contributed by atoms with Crippen LogP contribution in [0.4, 0.5) is 4.39 Å². The highest BCUT2D eigenvalue weighted by Gasteiger charge is 2.36. The second-order valence-electron chi connectivity index (χ2n) is 9.28. The number of hydrogen-bond acceptors (Lipinski definition) is 2. The minimum Gasteiger partial charge on any atom is -0.458 e. The van der Waals surface area contributed by atoms with Gasteiger partial charge >= 0.3 is 5.97 Å². The lowest BCUT2D eigenvalue weighted by molar-refractivity contribution is -0.000913. The SMILES string of the molecule is CCCc1ccc2c(c1F)C(=O)OC(C1CCC(CCc3ccc(C)cc3)CC1)C2. The van der Waals surface area contributed by atoms with E-state index in [-0.39, 0.29) is 17.5 Å². The molecule has 160 valence electrons. The molecule has 2 aliphatic rings. The first-order valence-electron chi connectivity index (χ1n) is 11.6. The molecule has 1 aliphatic heterocycles. The standard InChI is InChI=1S/C27H33FO2/c1-3-4-22-15-16-23-17-24(30-27(29)25(23)26(22)28)21-13-11-20(12-14-21)10-9-19-7-5-18(2)6-8-19/h5-8,15-16,20-21,24H,3-4,9-14,17H2,1-2H3. The molecule has 1 atom stereocenters. The molecular weight excluding hydrogens is 375 g/mol. The van der Waals surface area contributed by atoms with E-state index in [1.54, 1.807) is 0 Å². The number of carbonyl (C=O) groups is 1. The van der Waals surface area contributed by atoms with Gasteiger partial charge in [-0.3, -0.25) is 0 Å². The maximum atomic E-state index is 14.8. The zero-order valence-corrected chi connectivity index (χ0v) is 18.3. The molecule has 1 aliphatic carbocycles. The van der Waals surface area contributed by atoms with Crippen LogP contribution in [0.15, 0.2) is 36.4 Å². The molecule has 30 heavy (non-hydrogen) atoms. The Morgan fingerprint density at radius 3 is 2.43 bits per heavy atom. The first-order valence-corrected chi connectivity index (χ1v) is 11.6. The summed E-state index contributed by atoms with van der Waals surface area (Å²) in [7, 11) is 0. The largest absolute Gasteiger partial charge is 0.458 e. The highest BCUT2D eigenvalue weighted by Crippen LogP contribution is 2.38. The van der Waals surface area contributed by atoms with Crippen molar-refractivity contribution in [1.29, 1.82) is 0 Å². The van der Waals surface area contributed by atoms with Crippen LogP contribution in [0, 0.1) is 24.6 Å². The molecule has 0 aromatic heterocycles. The Bertz CT molecular complexity index is 878. The lowest BCUT2D eigenvalue weighted by Crippen LogP contribution is -2.36. The van der Waals surface area contributed by atoms with Gasteiger partial charge in [0.2, 0.25) is 0 Å². The summed E-state index contributed by atoms with van der Waals surface area (Å²) in [5.41, 5.74) is 4.37. The zero-order valence-electron chi connectivity index (χ0n) is 18.3. The van der Waals surface area contributed by atoms with E-state index in [1.165, 1.54) is 30.4 Å². The van der Waals surface area contributed by atoms with Gasteiger partial charge in [0.05, 0.1) is 5.56 Å². The molecule has 1 heterocycles. The molecule has 0 radical (unpaired) electrons. The first kappa shape index (κ1) is 21.1. The number of halogens is 1. The van der Waals surface area contributed by atoms with Gasteiger partial charge in [-0.05, 0) is 67.6 Å². The van der Waals surface area contributed by atoms with Crippen molar-refractivity contribution in [1.82, 2.24) is 0 Å². The number of hydrogen-bond donors (Lipinski definition) is 0. The van der Waals surface area contributed by atoms with E-state index in [1.807, 2.05) is 19.1 Å². The molecule has 1 fully saturated rings. The summed E-state index contributed by atoms with van der Waals surface area (Å²) in [6.07, 6.45) is 9.04. The first-order chi connectivity index (χ1) is 14.5. The highest BCUT2D eigenvalue weighted by molar-refractivity contribution is 5.92. The van der Waals surface area contributed by atoms with Gasteiger partial charge in [-0.2, -0.15) is 0 Å². The van der Waals surface area contributed by atoms with Gasteiger partial charge in [-0.1, -0.05) is 68.1 Å². The van der Waals surface area contributed by atoms with Crippen LogP contribution in [-0.2, 0) is 24.0 Å². The summed E-state index contributed by atoms with van der Waals surface area (Å²) in [4.78, 5) is 12.6. The Kier molecular flexibility index (Phi) is 6.55. The Morgan fingerprint density at radius 1 is 1.00 bits per heavy atom. The van der Waals surface area contributed by atoms with E-state index in [0.29, 0.717) is 24.3 Å². The molecule has 4 rings (SSSR count). The van der Waals surface area contributed by atoms with Gasteiger partial charge in [0.25, 0.3) is 0 Å². The maximum Gasteiger partial charge on any atom is 0.341 e. The summed E-state index contributed by atoms with van der Waals surface area (Å²) in [6, 6.07) is 12.7. The van der Waals surface area contributed by atoms with Crippen LogP contribution >= 0.6 is 0 Å². The molecule has 2 aromatic rings. The zero-order chi connectivity index (χ0) is 21.1. The van der Waals surface area contributed by atoms with Crippen LogP contribution in [0.5, 0.6) is 0 Å². The van der Waals surface area contributed by atoms with Crippen molar-refractivity contribution in [3.63, 3.8) is 0 Å². The van der Waals surface area contributed by atoms with Crippen molar-refractivity contribution in [2.45, 2.75) is 77.7 Å². The van der Waals surface area contributed by atoms with E-state index in [2.05, 4.69) is 31.2 Å². The number of benzene rings is 2. The Hall–Kier alpha value is -2.16. The second kappa shape index (κ2) is 9.32. The predicted molar refractivity (Wildman–Crippen MR) is 118 cm³/mol. The van der Waals surface area contributed by atoms with Gasteiger partial charge in [-0.15, -0.1) is 0 Å². The van der Waals surface area contributed by atoms with Crippen LogP contribution < -0.4 is 0 Å². The molecule has 0 spiro atoms. The van der Waals surface area contributed by atoms with E-state index in [4.69, 9.17) is 4.74 Å². The van der Waals surface area contributed by atoms with Crippen LogP contribution in [0.2, 0.25) is 0 Å². The number of aryl methyl sites for hydroxylation is 3. The highest BCUT2D eigenvalue weighted by atomic mass is 19.1. The quantitative estimate of drug-likeness (QED) is 0.503. The fraction of sp³-hybridized carbons (Fsp3) is 0.519. The summed E-state index contributed by atoms with van der Waals surface area (Å²) >= 11 is 0. The van der Waals surface area contributed by atoms with Gasteiger partial charge in [0, 0.05) is 6.42 Å². The maximum absolute atomic E-state index is 14.8. The molecule has 0 amide bonds. The molecule has 2 nitrogen and oxygen atoms in total. The van der Waals surface area contributed by atoms with Crippen molar-refractivity contribution >= 4 is 5.97 Å². The van der Waals surface area contributed by atoms with Crippen molar-refractivity contribution in [3.05, 3.63) is 70.0 Å². The lowest BCUT2D eigenvalue weighted by atomic mass is 9.75. The second-order valence-corrected chi connectivity index (χ2v) is 9.28. The average Bonchev–Trinajstić information content (AvgIpc) is 2.75. The van der Waals surface area contributed by atoms with Crippen molar-refractivity contribution in [2.24, 2.45) is 11.8 Å². The third kappa shape index (κ3) is 4.61. The molecule has 3 heteroatoms. The van der Waals surface area contributed by atoms with Gasteiger partial charge in [0.1, 0.15) is 11.9 Å². The Balaban J connectivity index is 1.33. The van der Waals surface area contributed by atoms with E-state index >= 15 is 0 Å². The number of cyclic esters (lactones) is 1. The van der Waals surface area contributed by atoms with Crippen molar-refractivity contribution in [3.8, 4) is 0 Å². The van der Waals surface area contributed by atoms with Crippen molar-refractivity contribution in [2.75, 3.05) is 0 Å². The molecule has 0 saturated heterocycles. The normalized spacial score (nSPS) is 23.7. The predicted octanol–water partition coefficient (Wildman–Crippen LogP) is 6.61. The van der Waals surface area contributed by atoms with Crippen LogP contribution in [0.1, 0.15) is 78.1 Å². The molecule has 1 unspecified atom stereocenters. The molecular formula is C27H33FO2. The fourth-order valence-corrected chi connectivity index (χ4v) is 5.20.